The number of anilines is 2. The molecule has 1 aromatic rings. The molecule has 1 heterocycles. The molecule has 0 aliphatic carbocycles. The van der Waals surface area contributed by atoms with E-state index < -0.39 is 0 Å². The highest BCUT2D eigenvalue weighted by molar-refractivity contribution is 5.81. The molecule has 0 unspecified atom stereocenters. The lowest BCUT2D eigenvalue weighted by molar-refractivity contribution is -0.119. The van der Waals surface area contributed by atoms with E-state index in [1.807, 2.05) is 32.7 Å². The molecule has 0 aliphatic rings. The van der Waals surface area contributed by atoms with Gasteiger partial charge in [-0.25, -0.2) is 9.97 Å². The molecule has 0 saturated carbocycles. The Balaban J connectivity index is 3.11. The molecule has 6 nitrogen and oxygen atoms in total. The average molecular weight is 293 g/mol. The van der Waals surface area contributed by atoms with Crippen LogP contribution >= 0.6 is 0 Å². The molecule has 6 heteroatoms. The molecule has 0 spiro atoms. The fraction of sp³-hybridized carbons (Fsp3) is 0.667. The standard InChI is InChI=1S/C15H27N5O/c1-7-16-12(21)9-20(6)15-11(5)14(17-8-2)18-13(19-15)10(3)4/h10H,7-9H2,1-6H3,(H,16,21)(H,17,18,19). The van der Waals surface area contributed by atoms with E-state index in [0.29, 0.717) is 6.54 Å². The van der Waals surface area contributed by atoms with Crippen LogP contribution in [0.25, 0.3) is 0 Å². The number of carbonyl (C=O) groups is 1. The van der Waals surface area contributed by atoms with Crippen LogP contribution < -0.4 is 15.5 Å². The van der Waals surface area contributed by atoms with Gasteiger partial charge in [-0.3, -0.25) is 4.79 Å². The van der Waals surface area contributed by atoms with Crippen molar-refractivity contribution < 1.29 is 4.79 Å². The Morgan fingerprint density at radius 3 is 2.43 bits per heavy atom. The van der Waals surface area contributed by atoms with E-state index in [0.717, 1.165) is 29.6 Å². The number of aromatic nitrogens is 2. The number of nitrogens with zero attached hydrogens (tertiary/aromatic N) is 3. The van der Waals surface area contributed by atoms with Crippen LogP contribution in [0.3, 0.4) is 0 Å². The zero-order valence-electron chi connectivity index (χ0n) is 13.9. The van der Waals surface area contributed by atoms with E-state index in [1.165, 1.54) is 0 Å². The summed E-state index contributed by atoms with van der Waals surface area (Å²) in [6, 6.07) is 0. The predicted molar refractivity (Wildman–Crippen MR) is 87.0 cm³/mol. The van der Waals surface area contributed by atoms with Gasteiger partial charge in [0.15, 0.2) is 0 Å². The normalized spacial score (nSPS) is 10.6. The lowest BCUT2D eigenvalue weighted by Crippen LogP contribution is -2.36. The topological polar surface area (TPSA) is 70.2 Å². The van der Waals surface area contributed by atoms with Crippen LogP contribution in [0.5, 0.6) is 0 Å². The van der Waals surface area contributed by atoms with Gasteiger partial charge >= 0.3 is 0 Å². The minimum absolute atomic E-state index is 0.00545. The van der Waals surface area contributed by atoms with Crippen molar-refractivity contribution in [2.24, 2.45) is 0 Å². The van der Waals surface area contributed by atoms with Crippen molar-refractivity contribution in [3.8, 4) is 0 Å². The summed E-state index contributed by atoms with van der Waals surface area (Å²) in [4.78, 5) is 22.8. The molecule has 0 atom stereocenters. The van der Waals surface area contributed by atoms with Gasteiger partial charge < -0.3 is 15.5 Å². The first kappa shape index (κ1) is 17.2. The fourth-order valence-corrected chi connectivity index (χ4v) is 2.03. The summed E-state index contributed by atoms with van der Waals surface area (Å²) in [6.07, 6.45) is 0. The Morgan fingerprint density at radius 1 is 1.24 bits per heavy atom. The minimum atomic E-state index is -0.00545. The molecule has 0 aromatic carbocycles. The van der Waals surface area contributed by atoms with Gasteiger partial charge in [0.1, 0.15) is 17.5 Å². The monoisotopic (exact) mass is 293 g/mol. The highest BCUT2D eigenvalue weighted by atomic mass is 16.2. The molecule has 1 amide bonds. The van der Waals surface area contributed by atoms with Gasteiger partial charge in [-0.2, -0.15) is 0 Å². The molecule has 0 radical (unpaired) electrons. The second kappa shape index (κ2) is 7.81. The van der Waals surface area contributed by atoms with Crippen molar-refractivity contribution in [1.29, 1.82) is 0 Å². The Kier molecular flexibility index (Phi) is 6.39. The zero-order chi connectivity index (χ0) is 16.0. The van der Waals surface area contributed by atoms with E-state index in [9.17, 15) is 4.79 Å². The second-order valence-electron chi connectivity index (χ2n) is 5.37. The molecular formula is C15H27N5O. The third-order valence-corrected chi connectivity index (χ3v) is 3.11. The maximum atomic E-state index is 11.8. The molecule has 0 bridgehead atoms. The van der Waals surface area contributed by atoms with Crippen LogP contribution in [-0.2, 0) is 4.79 Å². The van der Waals surface area contributed by atoms with Crippen molar-refractivity contribution in [1.82, 2.24) is 15.3 Å². The number of rotatable bonds is 7. The highest BCUT2D eigenvalue weighted by Crippen LogP contribution is 2.25. The molecule has 2 N–H and O–H groups in total. The van der Waals surface area contributed by atoms with Crippen molar-refractivity contribution in [3.05, 3.63) is 11.4 Å². The number of likely N-dealkylation sites (N-methyl/N-ethyl adjacent to an activating group) is 2. The molecule has 0 saturated heterocycles. The SMILES string of the molecule is CCNC(=O)CN(C)c1nc(C(C)C)nc(NCC)c1C. The van der Waals surface area contributed by atoms with Gasteiger partial charge in [0.2, 0.25) is 5.91 Å². The van der Waals surface area contributed by atoms with E-state index >= 15 is 0 Å². The molecule has 1 rings (SSSR count). The number of hydrogen-bond acceptors (Lipinski definition) is 5. The Bertz CT molecular complexity index is 487. The van der Waals surface area contributed by atoms with Crippen LogP contribution in [0.1, 0.15) is 45.0 Å². The predicted octanol–water partition coefficient (Wildman–Crippen LogP) is 1.91. The maximum absolute atomic E-state index is 11.8. The average Bonchev–Trinajstić information content (AvgIpc) is 2.41. The Morgan fingerprint density at radius 2 is 1.90 bits per heavy atom. The zero-order valence-corrected chi connectivity index (χ0v) is 13.9. The first-order chi connectivity index (χ1) is 9.90. The third kappa shape index (κ3) is 4.58. The van der Waals surface area contributed by atoms with Crippen LogP contribution in [-0.4, -0.2) is 42.6 Å². The molecule has 21 heavy (non-hydrogen) atoms. The van der Waals surface area contributed by atoms with Gasteiger partial charge in [-0.05, 0) is 20.8 Å². The number of amides is 1. The third-order valence-electron chi connectivity index (χ3n) is 3.11. The number of nitrogens with one attached hydrogen (secondary N) is 2. The lowest BCUT2D eigenvalue weighted by atomic mass is 10.2. The van der Waals surface area contributed by atoms with Crippen molar-refractivity contribution in [2.45, 2.75) is 40.5 Å². The first-order valence-electron chi connectivity index (χ1n) is 7.50. The number of hydrogen-bond donors (Lipinski definition) is 2. The molecule has 0 aliphatic heterocycles. The maximum Gasteiger partial charge on any atom is 0.239 e. The summed E-state index contributed by atoms with van der Waals surface area (Å²) in [6.45, 7) is 11.8. The van der Waals surface area contributed by atoms with E-state index in [-0.39, 0.29) is 18.4 Å². The Labute approximate surface area is 127 Å². The summed E-state index contributed by atoms with van der Waals surface area (Å²) in [5.74, 6) is 2.66. The van der Waals surface area contributed by atoms with Crippen LogP contribution in [0.4, 0.5) is 11.6 Å². The van der Waals surface area contributed by atoms with Gasteiger partial charge in [0.05, 0.1) is 6.54 Å². The van der Waals surface area contributed by atoms with Crippen molar-refractivity contribution in [2.75, 3.05) is 36.9 Å². The summed E-state index contributed by atoms with van der Waals surface area (Å²) in [7, 11) is 1.88. The summed E-state index contributed by atoms with van der Waals surface area (Å²) in [5, 5.41) is 6.07. The van der Waals surface area contributed by atoms with Crippen molar-refractivity contribution in [3.63, 3.8) is 0 Å². The summed E-state index contributed by atoms with van der Waals surface area (Å²) < 4.78 is 0. The van der Waals surface area contributed by atoms with Gasteiger partial charge in [-0.15, -0.1) is 0 Å². The lowest BCUT2D eigenvalue weighted by Gasteiger charge is -2.22. The summed E-state index contributed by atoms with van der Waals surface area (Å²) in [5.41, 5.74) is 0.966. The van der Waals surface area contributed by atoms with E-state index in [1.54, 1.807) is 0 Å². The highest BCUT2D eigenvalue weighted by Gasteiger charge is 2.17. The minimum Gasteiger partial charge on any atom is -0.370 e. The van der Waals surface area contributed by atoms with Crippen molar-refractivity contribution >= 4 is 17.5 Å². The van der Waals surface area contributed by atoms with Gasteiger partial charge in [0, 0.05) is 31.6 Å². The molecular weight excluding hydrogens is 266 g/mol. The van der Waals surface area contributed by atoms with Crippen LogP contribution in [0, 0.1) is 6.92 Å². The fourth-order valence-electron chi connectivity index (χ4n) is 2.03. The second-order valence-corrected chi connectivity index (χ2v) is 5.37. The van der Waals surface area contributed by atoms with E-state index in [4.69, 9.17) is 0 Å². The smallest absolute Gasteiger partial charge is 0.239 e. The molecule has 1 aromatic heterocycles. The Hall–Kier alpha value is -1.85. The van der Waals surface area contributed by atoms with Gasteiger partial charge in [0.25, 0.3) is 0 Å². The molecule has 118 valence electrons. The van der Waals surface area contributed by atoms with Crippen LogP contribution in [0.2, 0.25) is 0 Å². The number of carbonyl (C=O) groups excluding carboxylic acids is 1. The summed E-state index contributed by atoms with van der Waals surface area (Å²) >= 11 is 0. The van der Waals surface area contributed by atoms with Gasteiger partial charge in [-0.1, -0.05) is 13.8 Å². The first-order valence-corrected chi connectivity index (χ1v) is 7.50. The quantitative estimate of drug-likeness (QED) is 0.803. The largest absolute Gasteiger partial charge is 0.370 e. The van der Waals surface area contributed by atoms with E-state index in [2.05, 4.69) is 34.4 Å². The van der Waals surface area contributed by atoms with Crippen LogP contribution in [0.15, 0.2) is 0 Å². The molecule has 0 fully saturated rings.